The van der Waals surface area contributed by atoms with Crippen LogP contribution in [0.25, 0.3) is 6.08 Å². The van der Waals surface area contributed by atoms with Crippen molar-refractivity contribution in [1.29, 1.82) is 0 Å². The summed E-state index contributed by atoms with van der Waals surface area (Å²) >= 11 is 0. The molecule has 0 radical (unpaired) electrons. The third-order valence-corrected chi connectivity index (χ3v) is 3.45. The number of nitrogens with zero attached hydrogens (tertiary/aromatic N) is 1. The lowest BCUT2D eigenvalue weighted by Crippen LogP contribution is -2.57. The minimum atomic E-state index is -1.39. The highest BCUT2D eigenvalue weighted by atomic mass is 16.2. The zero-order chi connectivity index (χ0) is 18.1. The Balaban J connectivity index is 3.06. The van der Waals surface area contributed by atoms with Crippen LogP contribution < -0.4 is 10.6 Å². The number of aldehydes is 1. The van der Waals surface area contributed by atoms with Gasteiger partial charge in [0.2, 0.25) is 5.91 Å². The maximum Gasteiger partial charge on any atom is 0.318 e. The maximum atomic E-state index is 12.4. The van der Waals surface area contributed by atoms with Crippen LogP contribution in [0.4, 0.5) is 4.79 Å². The zero-order valence-corrected chi connectivity index (χ0v) is 13.9. The van der Waals surface area contributed by atoms with Crippen LogP contribution in [-0.4, -0.2) is 55.1 Å². The van der Waals surface area contributed by atoms with Gasteiger partial charge in [0.05, 0.1) is 0 Å². The van der Waals surface area contributed by atoms with Gasteiger partial charge < -0.3 is 15.4 Å². The minimum absolute atomic E-state index is 0.354. The molecular weight excluding hydrogens is 310 g/mol. The van der Waals surface area contributed by atoms with Crippen LogP contribution in [0.15, 0.2) is 36.4 Å². The fourth-order valence-corrected chi connectivity index (χ4v) is 2.12. The SMILES string of the molecule is CNC(=O)C(C)N(C(=O)NC)C(C=O)C(=O)C=Cc1ccccc1. The largest absolute Gasteiger partial charge is 0.357 e. The molecule has 24 heavy (non-hydrogen) atoms. The van der Waals surface area contributed by atoms with E-state index in [-0.39, 0.29) is 0 Å². The van der Waals surface area contributed by atoms with Crippen LogP contribution in [0.2, 0.25) is 0 Å². The molecule has 0 aromatic heterocycles. The van der Waals surface area contributed by atoms with Gasteiger partial charge in [0.25, 0.3) is 0 Å². The van der Waals surface area contributed by atoms with E-state index in [1.165, 1.54) is 27.1 Å². The minimum Gasteiger partial charge on any atom is -0.357 e. The molecule has 0 heterocycles. The standard InChI is InChI=1S/C17H21N3O4/c1-12(16(23)18-2)20(17(24)19-3)14(11-21)15(22)10-9-13-7-5-4-6-8-13/h4-12,14H,1-3H3,(H,18,23)(H,19,24). The van der Waals surface area contributed by atoms with E-state index >= 15 is 0 Å². The first kappa shape index (κ1) is 19.1. The summed E-state index contributed by atoms with van der Waals surface area (Å²) in [6.45, 7) is 1.44. The molecule has 0 aliphatic heterocycles. The molecule has 1 aromatic carbocycles. The molecule has 7 heteroatoms. The van der Waals surface area contributed by atoms with Gasteiger partial charge in [-0.25, -0.2) is 4.79 Å². The Bertz CT molecular complexity index is 628. The topological polar surface area (TPSA) is 95.6 Å². The Labute approximate surface area is 140 Å². The first-order valence-electron chi connectivity index (χ1n) is 7.40. The fraction of sp³-hybridized carbons (Fsp3) is 0.294. The molecule has 0 saturated carbocycles. The molecule has 1 rings (SSSR count). The Morgan fingerprint density at radius 3 is 2.21 bits per heavy atom. The smallest absolute Gasteiger partial charge is 0.318 e. The number of hydrogen-bond acceptors (Lipinski definition) is 4. The van der Waals surface area contributed by atoms with Crippen LogP contribution in [-0.2, 0) is 14.4 Å². The third-order valence-electron chi connectivity index (χ3n) is 3.45. The summed E-state index contributed by atoms with van der Waals surface area (Å²) in [5.41, 5.74) is 0.779. The molecule has 2 atom stereocenters. The van der Waals surface area contributed by atoms with Gasteiger partial charge in [-0.1, -0.05) is 36.4 Å². The summed E-state index contributed by atoms with van der Waals surface area (Å²) < 4.78 is 0. The van der Waals surface area contributed by atoms with Gasteiger partial charge >= 0.3 is 6.03 Å². The average molecular weight is 331 g/mol. The lowest BCUT2D eigenvalue weighted by atomic mass is 10.1. The highest BCUT2D eigenvalue weighted by Gasteiger charge is 2.34. The predicted molar refractivity (Wildman–Crippen MR) is 90.2 cm³/mol. The quantitative estimate of drug-likeness (QED) is 0.435. The van der Waals surface area contributed by atoms with E-state index in [0.29, 0.717) is 6.29 Å². The molecule has 0 aliphatic rings. The molecule has 0 bridgehead atoms. The highest BCUT2D eigenvalue weighted by Crippen LogP contribution is 2.09. The summed E-state index contributed by atoms with van der Waals surface area (Å²) in [5, 5.41) is 4.73. The van der Waals surface area contributed by atoms with E-state index in [9.17, 15) is 19.2 Å². The number of carbonyl (C=O) groups excluding carboxylic acids is 4. The molecule has 2 unspecified atom stereocenters. The fourth-order valence-electron chi connectivity index (χ4n) is 2.12. The normalized spacial score (nSPS) is 13.0. The van der Waals surface area contributed by atoms with Crippen molar-refractivity contribution in [3.05, 3.63) is 42.0 Å². The van der Waals surface area contributed by atoms with E-state index in [1.54, 1.807) is 18.2 Å². The van der Waals surface area contributed by atoms with Gasteiger partial charge in [-0.05, 0) is 18.6 Å². The van der Waals surface area contributed by atoms with Gasteiger partial charge in [-0.2, -0.15) is 0 Å². The number of nitrogens with one attached hydrogen (secondary N) is 2. The second kappa shape index (κ2) is 9.24. The number of ketones is 1. The molecule has 0 aliphatic carbocycles. The van der Waals surface area contributed by atoms with E-state index in [4.69, 9.17) is 0 Å². The van der Waals surface area contributed by atoms with E-state index < -0.39 is 29.8 Å². The third kappa shape index (κ3) is 4.77. The van der Waals surface area contributed by atoms with Crippen molar-refractivity contribution in [1.82, 2.24) is 15.5 Å². The lowest BCUT2D eigenvalue weighted by Gasteiger charge is -2.30. The van der Waals surface area contributed by atoms with Crippen molar-refractivity contribution >= 4 is 30.1 Å². The van der Waals surface area contributed by atoms with Gasteiger partial charge in [-0.3, -0.25) is 14.5 Å². The molecule has 7 nitrogen and oxygen atoms in total. The summed E-state index contributed by atoms with van der Waals surface area (Å²) in [6.07, 6.45) is 3.12. The molecule has 0 saturated heterocycles. The van der Waals surface area contributed by atoms with Crippen molar-refractivity contribution in [2.24, 2.45) is 0 Å². The van der Waals surface area contributed by atoms with Gasteiger partial charge in [-0.15, -0.1) is 0 Å². The van der Waals surface area contributed by atoms with E-state index in [0.717, 1.165) is 10.5 Å². The Hall–Kier alpha value is -2.96. The summed E-state index contributed by atoms with van der Waals surface area (Å²) in [4.78, 5) is 48.6. The number of carbonyl (C=O) groups is 4. The van der Waals surface area contributed by atoms with Crippen molar-refractivity contribution in [2.75, 3.05) is 14.1 Å². The second-order valence-electron chi connectivity index (χ2n) is 4.98. The van der Waals surface area contributed by atoms with Crippen LogP contribution in [0, 0.1) is 0 Å². The first-order valence-corrected chi connectivity index (χ1v) is 7.40. The molecule has 2 N–H and O–H groups in total. The van der Waals surface area contributed by atoms with Crippen molar-refractivity contribution in [3.63, 3.8) is 0 Å². The molecule has 0 spiro atoms. The van der Waals surface area contributed by atoms with Crippen molar-refractivity contribution < 1.29 is 19.2 Å². The molecule has 3 amide bonds. The highest BCUT2D eigenvalue weighted by molar-refractivity contribution is 6.09. The van der Waals surface area contributed by atoms with Crippen LogP contribution in [0.5, 0.6) is 0 Å². The van der Waals surface area contributed by atoms with E-state index in [1.807, 2.05) is 18.2 Å². The molecular formula is C17H21N3O4. The van der Waals surface area contributed by atoms with Gasteiger partial charge in [0, 0.05) is 14.1 Å². The number of likely N-dealkylation sites (N-methyl/N-ethyl adjacent to an activating group) is 1. The predicted octanol–water partition coefficient (Wildman–Crippen LogP) is 0.612. The number of hydrogen-bond donors (Lipinski definition) is 2. The van der Waals surface area contributed by atoms with Gasteiger partial charge in [0.15, 0.2) is 18.1 Å². The number of benzene rings is 1. The number of urea groups is 1. The molecule has 128 valence electrons. The Morgan fingerprint density at radius 2 is 1.71 bits per heavy atom. The summed E-state index contributed by atoms with van der Waals surface area (Å²) in [5.74, 6) is -1.07. The molecule has 0 fully saturated rings. The monoisotopic (exact) mass is 331 g/mol. The second-order valence-corrected chi connectivity index (χ2v) is 4.98. The Morgan fingerprint density at radius 1 is 1.08 bits per heavy atom. The zero-order valence-electron chi connectivity index (χ0n) is 13.9. The van der Waals surface area contributed by atoms with Crippen molar-refractivity contribution in [3.8, 4) is 0 Å². The van der Waals surface area contributed by atoms with E-state index in [2.05, 4.69) is 10.6 Å². The average Bonchev–Trinajstić information content (AvgIpc) is 2.62. The Kier molecular flexibility index (Phi) is 7.35. The maximum absolute atomic E-state index is 12.4. The molecule has 1 aromatic rings. The van der Waals surface area contributed by atoms with Crippen molar-refractivity contribution in [2.45, 2.75) is 19.0 Å². The number of amides is 3. The van der Waals surface area contributed by atoms with Gasteiger partial charge in [0.1, 0.15) is 6.04 Å². The number of rotatable bonds is 7. The van der Waals surface area contributed by atoms with Crippen LogP contribution in [0.3, 0.4) is 0 Å². The van der Waals surface area contributed by atoms with Crippen LogP contribution >= 0.6 is 0 Å². The lowest BCUT2D eigenvalue weighted by molar-refractivity contribution is -0.129. The summed E-state index contributed by atoms with van der Waals surface area (Å²) in [6, 6.07) is 5.98. The first-order chi connectivity index (χ1) is 11.5. The summed E-state index contributed by atoms with van der Waals surface area (Å²) in [7, 11) is 2.77. The van der Waals surface area contributed by atoms with Crippen LogP contribution in [0.1, 0.15) is 12.5 Å².